The van der Waals surface area contributed by atoms with Gasteiger partial charge in [0.15, 0.2) is 0 Å². The molecule has 0 radical (unpaired) electrons. The van der Waals surface area contributed by atoms with E-state index in [2.05, 4.69) is 60.6 Å². The molecule has 0 saturated heterocycles. The van der Waals surface area contributed by atoms with Crippen LogP contribution in [0.4, 0.5) is 0 Å². The van der Waals surface area contributed by atoms with Gasteiger partial charge in [-0.3, -0.25) is 0 Å². The summed E-state index contributed by atoms with van der Waals surface area (Å²) in [4.78, 5) is 0. The van der Waals surface area contributed by atoms with Gasteiger partial charge in [-0.2, -0.15) is 0 Å². The lowest BCUT2D eigenvalue weighted by Gasteiger charge is -2.39. The third-order valence-electron chi connectivity index (χ3n) is 9.45. The Morgan fingerprint density at radius 1 is 0.968 bits per heavy atom. The second kappa shape index (κ2) is 10.9. The van der Waals surface area contributed by atoms with Crippen LogP contribution in [-0.4, -0.2) is 6.54 Å². The molecule has 0 bridgehead atoms. The summed E-state index contributed by atoms with van der Waals surface area (Å²) < 4.78 is 0. The summed E-state index contributed by atoms with van der Waals surface area (Å²) in [6.07, 6.45) is 11.0. The minimum absolute atomic E-state index is 0.640. The van der Waals surface area contributed by atoms with Gasteiger partial charge < -0.3 is 5.73 Å². The normalized spacial score (nSPS) is 28.7. The van der Waals surface area contributed by atoms with Crippen molar-refractivity contribution >= 4 is 0 Å². The minimum Gasteiger partial charge on any atom is -0.330 e. The fraction of sp³-hybridized carbons (Fsp3) is 0.800. The van der Waals surface area contributed by atoms with E-state index in [-0.39, 0.29) is 0 Å². The van der Waals surface area contributed by atoms with Crippen LogP contribution in [-0.2, 0) is 0 Å². The quantitative estimate of drug-likeness (QED) is 0.377. The van der Waals surface area contributed by atoms with Crippen LogP contribution >= 0.6 is 0 Å². The largest absolute Gasteiger partial charge is 0.330 e. The van der Waals surface area contributed by atoms with Gasteiger partial charge in [0.05, 0.1) is 0 Å². The van der Waals surface area contributed by atoms with Crippen molar-refractivity contribution in [3.8, 4) is 0 Å². The number of aryl methyl sites for hydroxylation is 1. The molecule has 5 atom stereocenters. The van der Waals surface area contributed by atoms with E-state index in [1.54, 1.807) is 16.7 Å². The number of benzene rings is 1. The first-order valence-electron chi connectivity index (χ1n) is 13.6. The van der Waals surface area contributed by atoms with Gasteiger partial charge in [0, 0.05) is 0 Å². The molecule has 31 heavy (non-hydrogen) atoms. The summed E-state index contributed by atoms with van der Waals surface area (Å²) in [7, 11) is 0. The van der Waals surface area contributed by atoms with Gasteiger partial charge in [-0.15, -0.1) is 0 Å². The van der Waals surface area contributed by atoms with Gasteiger partial charge >= 0.3 is 0 Å². The molecule has 0 spiro atoms. The molecule has 0 aliphatic heterocycles. The Bertz CT molecular complexity index is 699. The lowest BCUT2D eigenvalue weighted by atomic mass is 9.65. The Morgan fingerprint density at radius 3 is 2.16 bits per heavy atom. The van der Waals surface area contributed by atoms with Crippen LogP contribution in [0.5, 0.6) is 0 Å². The van der Waals surface area contributed by atoms with Crippen LogP contribution in [0.3, 0.4) is 0 Å². The summed E-state index contributed by atoms with van der Waals surface area (Å²) in [6.45, 7) is 17.9. The highest BCUT2D eigenvalue weighted by Crippen LogP contribution is 2.48. The standard InChI is InChI=1S/C30H51N/c1-8-26(20(4)9-11-24-16-25(17-24)13-14-31)29-15-22(6)28(23(7)19(2)3)18-30(29)27-12-10-21(27)5/h15,18-21,23-27H,8-14,16-17,31H2,1-7H3. The van der Waals surface area contributed by atoms with Crippen LogP contribution in [0.2, 0.25) is 0 Å². The molecule has 1 nitrogen and oxygen atoms in total. The highest BCUT2D eigenvalue weighted by atomic mass is 14.5. The summed E-state index contributed by atoms with van der Waals surface area (Å²) >= 11 is 0. The monoisotopic (exact) mass is 425 g/mol. The molecule has 176 valence electrons. The van der Waals surface area contributed by atoms with Crippen LogP contribution in [0.15, 0.2) is 12.1 Å². The molecule has 2 N–H and O–H groups in total. The molecule has 2 saturated carbocycles. The SMILES string of the molecule is CCC(c1cc(C)c(C(C)C(C)C)cc1C1CCC1C)C(C)CCC1CC(CCN)C1. The topological polar surface area (TPSA) is 26.0 Å². The van der Waals surface area contributed by atoms with Gasteiger partial charge in [0.1, 0.15) is 0 Å². The van der Waals surface area contributed by atoms with Crippen LogP contribution in [0.25, 0.3) is 0 Å². The fourth-order valence-corrected chi connectivity index (χ4v) is 6.59. The van der Waals surface area contributed by atoms with Gasteiger partial charge in [-0.25, -0.2) is 0 Å². The van der Waals surface area contributed by atoms with Crippen molar-refractivity contribution in [2.75, 3.05) is 6.54 Å². The van der Waals surface area contributed by atoms with E-state index in [0.717, 1.165) is 36.1 Å². The lowest BCUT2D eigenvalue weighted by molar-refractivity contribution is 0.161. The molecular weight excluding hydrogens is 374 g/mol. The highest BCUT2D eigenvalue weighted by molar-refractivity contribution is 5.44. The van der Waals surface area contributed by atoms with Crippen molar-refractivity contribution in [3.63, 3.8) is 0 Å². The van der Waals surface area contributed by atoms with E-state index in [9.17, 15) is 0 Å². The molecule has 3 rings (SSSR count). The highest BCUT2D eigenvalue weighted by Gasteiger charge is 2.34. The molecule has 1 heteroatoms. The first-order chi connectivity index (χ1) is 14.8. The molecule has 2 aliphatic rings. The van der Waals surface area contributed by atoms with Crippen LogP contribution < -0.4 is 5.73 Å². The Morgan fingerprint density at radius 2 is 1.65 bits per heavy atom. The first-order valence-corrected chi connectivity index (χ1v) is 13.6. The summed E-state index contributed by atoms with van der Waals surface area (Å²) in [5.74, 6) is 6.37. The third kappa shape index (κ3) is 5.58. The predicted molar refractivity (Wildman–Crippen MR) is 137 cm³/mol. The lowest BCUT2D eigenvalue weighted by Crippen LogP contribution is -2.27. The number of hydrogen-bond acceptors (Lipinski definition) is 1. The van der Waals surface area contributed by atoms with Crippen molar-refractivity contribution in [1.29, 1.82) is 0 Å². The van der Waals surface area contributed by atoms with E-state index < -0.39 is 0 Å². The summed E-state index contributed by atoms with van der Waals surface area (Å²) in [5.41, 5.74) is 12.3. The molecule has 2 aliphatic carbocycles. The zero-order valence-electron chi connectivity index (χ0n) is 21.7. The average Bonchev–Trinajstić information content (AvgIpc) is 2.69. The molecule has 1 aromatic carbocycles. The van der Waals surface area contributed by atoms with E-state index in [0.29, 0.717) is 17.8 Å². The number of nitrogens with two attached hydrogens (primary N) is 1. The Labute approximate surface area is 194 Å². The fourth-order valence-electron chi connectivity index (χ4n) is 6.59. The van der Waals surface area contributed by atoms with Crippen LogP contribution in [0.1, 0.15) is 133 Å². The third-order valence-corrected chi connectivity index (χ3v) is 9.45. The second-order valence-electron chi connectivity index (χ2n) is 11.9. The van der Waals surface area contributed by atoms with Crippen LogP contribution in [0, 0.1) is 36.5 Å². The van der Waals surface area contributed by atoms with Gasteiger partial charge in [0.2, 0.25) is 0 Å². The maximum absolute atomic E-state index is 5.75. The van der Waals surface area contributed by atoms with E-state index in [1.807, 2.05) is 0 Å². The summed E-state index contributed by atoms with van der Waals surface area (Å²) in [6, 6.07) is 5.29. The molecule has 5 unspecified atom stereocenters. The first kappa shape index (κ1) is 24.8. The number of hydrogen-bond donors (Lipinski definition) is 1. The molecule has 0 amide bonds. The van der Waals surface area contributed by atoms with Crippen molar-refractivity contribution < 1.29 is 0 Å². The smallest absolute Gasteiger partial charge is 0.00746 e. The molecular formula is C30H51N. The molecule has 0 heterocycles. The van der Waals surface area contributed by atoms with Crippen molar-refractivity contribution in [2.24, 2.45) is 35.3 Å². The van der Waals surface area contributed by atoms with Gasteiger partial charge in [-0.1, -0.05) is 60.1 Å². The maximum atomic E-state index is 5.75. The van der Waals surface area contributed by atoms with Gasteiger partial charge in [0.25, 0.3) is 0 Å². The Kier molecular flexibility index (Phi) is 8.70. The maximum Gasteiger partial charge on any atom is -0.00746 e. The van der Waals surface area contributed by atoms with Crippen molar-refractivity contribution in [3.05, 3.63) is 34.4 Å². The molecule has 2 fully saturated rings. The zero-order valence-corrected chi connectivity index (χ0v) is 21.7. The number of rotatable bonds is 11. The molecule has 0 aromatic heterocycles. The van der Waals surface area contributed by atoms with Crippen molar-refractivity contribution in [2.45, 2.75) is 118 Å². The Balaban J connectivity index is 1.78. The van der Waals surface area contributed by atoms with Crippen molar-refractivity contribution in [1.82, 2.24) is 0 Å². The molecule has 1 aromatic rings. The van der Waals surface area contributed by atoms with E-state index in [1.165, 1.54) is 56.9 Å². The predicted octanol–water partition coefficient (Wildman–Crippen LogP) is 8.55. The minimum atomic E-state index is 0.640. The second-order valence-corrected chi connectivity index (χ2v) is 11.9. The zero-order chi connectivity index (χ0) is 22.7. The van der Waals surface area contributed by atoms with E-state index >= 15 is 0 Å². The average molecular weight is 426 g/mol. The van der Waals surface area contributed by atoms with E-state index in [4.69, 9.17) is 5.73 Å². The Hall–Kier alpha value is -0.820. The van der Waals surface area contributed by atoms with Gasteiger partial charge in [-0.05, 0) is 128 Å². The summed E-state index contributed by atoms with van der Waals surface area (Å²) in [5, 5.41) is 0.